The Kier molecular flexibility index (Phi) is 40.8. The molecule has 0 saturated carbocycles. The van der Waals surface area contributed by atoms with Gasteiger partial charge in [-0.25, -0.2) is 0 Å². The second-order valence-corrected chi connectivity index (χ2v) is 24.4. The van der Waals surface area contributed by atoms with E-state index in [2.05, 4.69) is 149 Å². The summed E-state index contributed by atoms with van der Waals surface area (Å²) in [4.78, 5) is 2.10. The minimum absolute atomic E-state index is 0. The molecule has 5 rings (SSSR count). The molecule has 408 valence electrons. The van der Waals surface area contributed by atoms with Gasteiger partial charge in [0.05, 0.1) is 79.3 Å². The van der Waals surface area contributed by atoms with E-state index in [0.717, 1.165) is 36.2 Å². The van der Waals surface area contributed by atoms with Gasteiger partial charge in [0.25, 0.3) is 0 Å². The van der Waals surface area contributed by atoms with Crippen molar-refractivity contribution in [3.05, 3.63) is 57.6 Å². The van der Waals surface area contributed by atoms with Crippen LogP contribution in [0.2, 0.25) is 0 Å². The van der Waals surface area contributed by atoms with Gasteiger partial charge in [-0.1, -0.05) is 171 Å². The molecule has 0 bridgehead atoms. The fraction of sp³-hybridized carbons (Fsp3) is 0.786. The van der Waals surface area contributed by atoms with Crippen LogP contribution >= 0.6 is 0 Å². The first-order valence-electron chi connectivity index (χ1n) is 24.8. The minimum Gasteiger partial charge on any atom is -0.779 e. The summed E-state index contributed by atoms with van der Waals surface area (Å²) in [6, 6.07) is 9.27. The molecule has 0 unspecified atom stereocenters. The van der Waals surface area contributed by atoms with Crippen molar-refractivity contribution in [3.63, 3.8) is 0 Å². The van der Waals surface area contributed by atoms with Gasteiger partial charge >= 0.3 is 37.7 Å². The molecule has 0 aromatic heterocycles. The van der Waals surface area contributed by atoms with Crippen molar-refractivity contribution in [2.45, 2.75) is 193 Å². The Morgan fingerprint density at radius 3 is 0.529 bits per heavy atom. The summed E-state index contributed by atoms with van der Waals surface area (Å²) in [6.45, 7) is 51.6. The average molecular weight is 1060 g/mol. The number of quaternary nitrogens is 2. The van der Waals surface area contributed by atoms with E-state index >= 15 is 0 Å². The molecule has 3 aliphatic heterocycles. The van der Waals surface area contributed by atoms with Crippen LogP contribution in [0.4, 0.5) is 0 Å². The molecule has 70 heavy (non-hydrogen) atoms. The fourth-order valence-electron chi connectivity index (χ4n) is 6.69. The molecule has 2 aromatic rings. The van der Waals surface area contributed by atoms with Gasteiger partial charge in [-0.2, -0.15) is 9.79 Å². The van der Waals surface area contributed by atoms with Crippen LogP contribution in [-0.2, 0) is 95.6 Å². The van der Waals surface area contributed by atoms with E-state index in [1.165, 1.54) is 59.1 Å². The van der Waals surface area contributed by atoms with Gasteiger partial charge in [-0.3, -0.25) is 0 Å². The third-order valence-corrected chi connectivity index (χ3v) is 11.9. The summed E-state index contributed by atoms with van der Waals surface area (Å²) in [5.74, 6) is 0. The van der Waals surface area contributed by atoms with E-state index in [0.29, 0.717) is 79.3 Å². The van der Waals surface area contributed by atoms with Crippen LogP contribution in [0.5, 0.6) is 0 Å². The minimum atomic E-state index is 0. The zero-order valence-corrected chi connectivity index (χ0v) is 52.8. The Hall–Kier alpha value is -0.300. The Labute approximate surface area is 471 Å². The molecular weight excluding hydrogens is 947 g/mol. The van der Waals surface area contributed by atoms with Gasteiger partial charge in [0.1, 0.15) is 0 Å². The second-order valence-electron chi connectivity index (χ2n) is 23.6. The number of hydrogen-bond donors (Lipinski definition) is 3. The molecule has 2 aromatic carbocycles. The molecule has 3 saturated heterocycles. The van der Waals surface area contributed by atoms with E-state index in [-0.39, 0.29) is 88.7 Å². The third kappa shape index (κ3) is 32.9. The summed E-state index contributed by atoms with van der Waals surface area (Å²) < 4.78 is 41.9. The average Bonchev–Trinajstić information content (AvgIpc) is 3.97. The predicted octanol–water partition coefficient (Wildman–Crippen LogP) is 13.2. The Morgan fingerprint density at radius 2 is 0.429 bits per heavy atom. The summed E-state index contributed by atoms with van der Waals surface area (Å²) in [5.41, 5.74) is 8.69. The van der Waals surface area contributed by atoms with Crippen molar-refractivity contribution < 1.29 is 37.9 Å². The second kappa shape index (κ2) is 37.4. The first kappa shape index (κ1) is 76.2. The smallest absolute Gasteiger partial charge is 0.779 e. The molecular formula is C56H109CaN3O8S2+2. The first-order chi connectivity index (χ1) is 30.5. The molecule has 0 amide bonds. The van der Waals surface area contributed by atoms with Gasteiger partial charge in [0.2, 0.25) is 0 Å². The van der Waals surface area contributed by atoms with Crippen molar-refractivity contribution in [2.75, 3.05) is 106 Å². The summed E-state index contributed by atoms with van der Waals surface area (Å²) in [7, 11) is 0. The summed E-state index contributed by atoms with van der Waals surface area (Å²) in [5, 5.41) is 0. The monoisotopic (exact) mass is 1060 g/mol. The van der Waals surface area contributed by atoms with Crippen LogP contribution in [0.15, 0.2) is 34.1 Å². The van der Waals surface area contributed by atoms with Crippen molar-refractivity contribution in [1.82, 2.24) is 18.5 Å². The quantitative estimate of drug-likeness (QED) is 0.169. The van der Waals surface area contributed by atoms with Gasteiger partial charge in [-0.15, -0.1) is 0 Å². The van der Waals surface area contributed by atoms with Crippen molar-refractivity contribution >= 4 is 63.0 Å². The first-order valence-corrected chi connectivity index (χ1v) is 25.7. The molecule has 0 spiro atoms. The molecule has 11 N–H and O–H groups in total. The molecule has 0 aliphatic carbocycles. The van der Waals surface area contributed by atoms with Crippen LogP contribution in [0, 0.1) is 0 Å². The maximum atomic E-state index is 5.77. The summed E-state index contributed by atoms with van der Waals surface area (Å²) >= 11 is 11.5. The predicted molar refractivity (Wildman–Crippen MR) is 304 cm³/mol. The zero-order chi connectivity index (χ0) is 50.2. The number of ether oxygens (including phenoxy) is 8. The summed E-state index contributed by atoms with van der Waals surface area (Å²) in [6.07, 6.45) is 5.11. The van der Waals surface area contributed by atoms with Crippen LogP contribution in [-0.4, -0.2) is 143 Å². The molecule has 0 atom stereocenters. The van der Waals surface area contributed by atoms with Gasteiger partial charge in [0.15, 0.2) is 0 Å². The van der Waals surface area contributed by atoms with E-state index in [1.54, 1.807) is 0 Å². The molecule has 3 heterocycles. The number of hydrogen-bond acceptors (Lipinski definition) is 11. The van der Waals surface area contributed by atoms with Crippen molar-refractivity contribution in [2.24, 2.45) is 0 Å². The van der Waals surface area contributed by atoms with E-state index in [9.17, 15) is 0 Å². The standard InChI is InChI=1S/2C18H30S.C12H24O6.2C4H8O.Ca.3H3N/c2*1-16(2,3)12-10-13(17(4,5)6)15(19)14(11-12)18(7,8)9;1-2-14-5-6-16-9-10-18-12-11-17-8-7-15-4-3-13-1;2*1-2-4-5-3-1;;;;/h2*10-11,19H,1-9H3;1-12H2;2*1-4H2;;3*1H3/q;;;;;+2;;;. The molecule has 14 heteroatoms. The third-order valence-electron chi connectivity index (χ3n) is 11.0. The SMILES string of the molecule is C1CCOC1.C1CCOC1.C1COCCOCCOCCOCCOCCO1.CC(C)(C)c1cc(C(C)(C)C)c([S-])c(C(C)(C)C)c1.CC(C)(C)c1cc(C(C)(C)C)c([S-])c(C(C)(C)C)c1.N.[Ca+2].[NH4+].[NH4+]. The normalized spacial score (nSPS) is 17.1. The van der Waals surface area contributed by atoms with Gasteiger partial charge in [-0.05, 0) is 69.3 Å². The number of rotatable bonds is 0. The van der Waals surface area contributed by atoms with E-state index in [1.807, 2.05) is 0 Å². The topological polar surface area (TPSA) is 182 Å². The van der Waals surface area contributed by atoms with Crippen molar-refractivity contribution in [1.29, 1.82) is 0 Å². The Morgan fingerprint density at radius 1 is 0.286 bits per heavy atom. The van der Waals surface area contributed by atoms with E-state index < -0.39 is 0 Å². The maximum absolute atomic E-state index is 5.77. The van der Waals surface area contributed by atoms with Crippen molar-refractivity contribution in [3.8, 4) is 0 Å². The fourth-order valence-corrected chi connectivity index (χ4v) is 8.15. The van der Waals surface area contributed by atoms with Crippen LogP contribution in [0.25, 0.3) is 0 Å². The van der Waals surface area contributed by atoms with Gasteiger partial charge < -0.3 is 81.6 Å². The molecule has 3 aliphatic rings. The molecule has 11 nitrogen and oxygen atoms in total. The zero-order valence-electron chi connectivity index (χ0n) is 48.9. The van der Waals surface area contributed by atoms with Crippen LogP contribution < -0.4 is 18.5 Å². The molecule has 0 radical (unpaired) electrons. The van der Waals surface area contributed by atoms with E-state index in [4.69, 9.17) is 63.2 Å². The van der Waals surface area contributed by atoms with Crippen LogP contribution in [0.3, 0.4) is 0 Å². The number of benzene rings is 2. The van der Waals surface area contributed by atoms with Gasteiger partial charge in [0, 0.05) is 26.4 Å². The Bertz CT molecular complexity index is 1360. The van der Waals surface area contributed by atoms with Crippen LogP contribution in [0.1, 0.15) is 184 Å². The maximum Gasteiger partial charge on any atom is 2.00 e. The molecule has 3 fully saturated rings. The Balaban J connectivity index is -0.000000411. The largest absolute Gasteiger partial charge is 2.00 e.